The first-order valence-corrected chi connectivity index (χ1v) is 6.06. The van der Waals surface area contributed by atoms with Crippen molar-refractivity contribution in [2.24, 2.45) is 0 Å². The van der Waals surface area contributed by atoms with Gasteiger partial charge in [0.1, 0.15) is 0 Å². The molecule has 0 aliphatic rings. The van der Waals surface area contributed by atoms with Gasteiger partial charge in [0, 0.05) is 15.5 Å². The van der Waals surface area contributed by atoms with Gasteiger partial charge in [0.2, 0.25) is 0 Å². The van der Waals surface area contributed by atoms with Gasteiger partial charge in [-0.3, -0.25) is 0 Å². The Bertz CT molecular complexity index is 297. The summed E-state index contributed by atoms with van der Waals surface area (Å²) >= 11 is 9.42. The van der Waals surface area contributed by atoms with Crippen molar-refractivity contribution in [1.82, 2.24) is 0 Å². The monoisotopic (exact) mass is 275 g/mol. The highest BCUT2D eigenvalue weighted by molar-refractivity contribution is 9.10. The average molecular weight is 277 g/mol. The van der Waals surface area contributed by atoms with Crippen LogP contribution in [0.1, 0.15) is 26.7 Å². The summed E-state index contributed by atoms with van der Waals surface area (Å²) in [5.74, 6) is 0. The quantitative estimate of drug-likeness (QED) is 0.840. The smallest absolute Gasteiger partial charge is 0.0501 e. The Labute approximate surface area is 99.0 Å². The van der Waals surface area contributed by atoms with Crippen molar-refractivity contribution in [2.75, 3.05) is 5.32 Å². The van der Waals surface area contributed by atoms with E-state index in [1.54, 1.807) is 0 Å². The molecule has 3 heteroatoms. The molecule has 0 fully saturated rings. The first kappa shape index (κ1) is 11.9. The van der Waals surface area contributed by atoms with E-state index in [4.69, 9.17) is 11.6 Å². The molecule has 78 valence electrons. The predicted octanol–water partition coefficient (Wildman–Crippen LogP) is 4.70. The van der Waals surface area contributed by atoms with Crippen molar-refractivity contribution in [3.63, 3.8) is 0 Å². The van der Waals surface area contributed by atoms with E-state index in [1.807, 2.05) is 18.2 Å². The zero-order valence-corrected chi connectivity index (χ0v) is 10.8. The SMILES string of the molecule is CCC(CC)Nc1cc(Cl)ccc1Br. The van der Waals surface area contributed by atoms with Gasteiger partial charge in [-0.2, -0.15) is 0 Å². The minimum absolute atomic E-state index is 0.518. The van der Waals surface area contributed by atoms with E-state index in [2.05, 4.69) is 35.1 Å². The molecule has 14 heavy (non-hydrogen) atoms. The van der Waals surface area contributed by atoms with E-state index in [9.17, 15) is 0 Å². The molecule has 1 rings (SSSR count). The Balaban J connectivity index is 2.79. The molecular weight excluding hydrogens is 261 g/mol. The second kappa shape index (κ2) is 5.62. The van der Waals surface area contributed by atoms with Crippen molar-refractivity contribution in [3.05, 3.63) is 27.7 Å². The fraction of sp³-hybridized carbons (Fsp3) is 0.455. The van der Waals surface area contributed by atoms with Crippen LogP contribution in [0.15, 0.2) is 22.7 Å². The summed E-state index contributed by atoms with van der Waals surface area (Å²) in [5.41, 5.74) is 1.08. The number of anilines is 1. The Hall–Kier alpha value is -0.210. The Morgan fingerprint density at radius 1 is 1.36 bits per heavy atom. The van der Waals surface area contributed by atoms with Crippen LogP contribution in [0.5, 0.6) is 0 Å². The van der Waals surface area contributed by atoms with Crippen molar-refractivity contribution in [2.45, 2.75) is 32.7 Å². The fourth-order valence-corrected chi connectivity index (χ4v) is 1.85. The summed E-state index contributed by atoms with van der Waals surface area (Å²) in [4.78, 5) is 0. The third kappa shape index (κ3) is 3.18. The minimum atomic E-state index is 0.518. The van der Waals surface area contributed by atoms with Crippen LogP contribution >= 0.6 is 27.5 Å². The molecule has 0 amide bonds. The van der Waals surface area contributed by atoms with Crippen LogP contribution in [0, 0.1) is 0 Å². The van der Waals surface area contributed by atoms with Gasteiger partial charge >= 0.3 is 0 Å². The van der Waals surface area contributed by atoms with E-state index >= 15 is 0 Å². The first-order chi connectivity index (χ1) is 6.67. The third-order valence-corrected chi connectivity index (χ3v) is 3.20. The minimum Gasteiger partial charge on any atom is -0.381 e. The van der Waals surface area contributed by atoms with Gasteiger partial charge < -0.3 is 5.32 Å². The summed E-state index contributed by atoms with van der Waals surface area (Å²) in [7, 11) is 0. The summed E-state index contributed by atoms with van der Waals surface area (Å²) < 4.78 is 1.06. The topological polar surface area (TPSA) is 12.0 Å². The molecule has 0 bridgehead atoms. The Kier molecular flexibility index (Phi) is 4.76. The van der Waals surface area contributed by atoms with E-state index in [1.165, 1.54) is 0 Å². The van der Waals surface area contributed by atoms with E-state index < -0.39 is 0 Å². The lowest BCUT2D eigenvalue weighted by Crippen LogP contribution is -2.17. The number of hydrogen-bond donors (Lipinski definition) is 1. The summed E-state index contributed by atoms with van der Waals surface area (Å²) in [5, 5.41) is 4.22. The normalized spacial score (nSPS) is 10.6. The van der Waals surface area contributed by atoms with Gasteiger partial charge in [0.15, 0.2) is 0 Å². The van der Waals surface area contributed by atoms with Crippen LogP contribution in [-0.4, -0.2) is 6.04 Å². The first-order valence-electron chi connectivity index (χ1n) is 4.89. The van der Waals surface area contributed by atoms with Crippen molar-refractivity contribution < 1.29 is 0 Å². The molecule has 0 spiro atoms. The van der Waals surface area contributed by atoms with Crippen molar-refractivity contribution in [1.29, 1.82) is 0 Å². The number of halogens is 2. The molecule has 1 aromatic rings. The highest BCUT2D eigenvalue weighted by Gasteiger charge is 2.06. The van der Waals surface area contributed by atoms with Crippen LogP contribution in [0.2, 0.25) is 5.02 Å². The van der Waals surface area contributed by atoms with Crippen LogP contribution in [0.25, 0.3) is 0 Å². The Morgan fingerprint density at radius 3 is 2.57 bits per heavy atom. The number of benzene rings is 1. The molecule has 1 nitrogen and oxygen atoms in total. The van der Waals surface area contributed by atoms with Gasteiger partial charge in [-0.1, -0.05) is 25.4 Å². The molecule has 0 atom stereocenters. The zero-order valence-electron chi connectivity index (χ0n) is 8.48. The second-order valence-corrected chi connectivity index (χ2v) is 4.57. The highest BCUT2D eigenvalue weighted by Crippen LogP contribution is 2.27. The lowest BCUT2D eigenvalue weighted by molar-refractivity contribution is 0.671. The summed E-state index contributed by atoms with van der Waals surface area (Å²) in [6, 6.07) is 6.31. The molecule has 0 aliphatic heterocycles. The molecule has 0 heterocycles. The number of nitrogens with one attached hydrogen (secondary N) is 1. The van der Waals surface area contributed by atoms with Gasteiger partial charge in [-0.25, -0.2) is 0 Å². The van der Waals surface area contributed by atoms with E-state index in [0.29, 0.717) is 6.04 Å². The molecule has 0 aromatic heterocycles. The predicted molar refractivity (Wildman–Crippen MR) is 67.1 cm³/mol. The van der Waals surface area contributed by atoms with Crippen LogP contribution in [0.3, 0.4) is 0 Å². The fourth-order valence-electron chi connectivity index (χ4n) is 1.32. The van der Waals surface area contributed by atoms with Crippen LogP contribution < -0.4 is 5.32 Å². The van der Waals surface area contributed by atoms with Crippen molar-refractivity contribution >= 4 is 33.2 Å². The molecule has 0 saturated carbocycles. The van der Waals surface area contributed by atoms with E-state index in [0.717, 1.165) is 28.0 Å². The second-order valence-electron chi connectivity index (χ2n) is 3.28. The third-order valence-electron chi connectivity index (χ3n) is 2.27. The number of hydrogen-bond acceptors (Lipinski definition) is 1. The van der Waals surface area contributed by atoms with Gasteiger partial charge in [-0.05, 0) is 47.0 Å². The van der Waals surface area contributed by atoms with Gasteiger partial charge in [0.25, 0.3) is 0 Å². The molecule has 0 radical (unpaired) electrons. The maximum absolute atomic E-state index is 5.93. The maximum Gasteiger partial charge on any atom is 0.0501 e. The Morgan fingerprint density at radius 2 is 2.00 bits per heavy atom. The van der Waals surface area contributed by atoms with Crippen molar-refractivity contribution in [3.8, 4) is 0 Å². The highest BCUT2D eigenvalue weighted by atomic mass is 79.9. The average Bonchev–Trinajstić information content (AvgIpc) is 2.19. The van der Waals surface area contributed by atoms with Crippen LogP contribution in [-0.2, 0) is 0 Å². The molecule has 1 N–H and O–H groups in total. The van der Waals surface area contributed by atoms with E-state index in [-0.39, 0.29) is 0 Å². The number of rotatable bonds is 4. The largest absolute Gasteiger partial charge is 0.381 e. The molecule has 0 unspecified atom stereocenters. The molecule has 1 aromatic carbocycles. The van der Waals surface area contributed by atoms with Gasteiger partial charge in [0.05, 0.1) is 5.69 Å². The molecular formula is C11H15BrClN. The molecule has 0 aliphatic carbocycles. The van der Waals surface area contributed by atoms with Crippen LogP contribution in [0.4, 0.5) is 5.69 Å². The lowest BCUT2D eigenvalue weighted by atomic mass is 10.1. The zero-order chi connectivity index (χ0) is 10.6. The summed E-state index contributed by atoms with van der Waals surface area (Å²) in [6.07, 6.45) is 2.24. The summed E-state index contributed by atoms with van der Waals surface area (Å²) in [6.45, 7) is 4.36. The molecule has 0 saturated heterocycles. The van der Waals surface area contributed by atoms with Gasteiger partial charge in [-0.15, -0.1) is 0 Å². The maximum atomic E-state index is 5.93. The standard InChI is InChI=1S/C11H15BrClN/c1-3-9(4-2)14-11-7-8(13)5-6-10(11)12/h5-7,9,14H,3-4H2,1-2H3. The lowest BCUT2D eigenvalue weighted by Gasteiger charge is -2.17.